The number of fused-ring (bicyclic) bond motifs is 1. The summed E-state index contributed by atoms with van der Waals surface area (Å²) in [5.41, 5.74) is 1.11. The minimum absolute atomic E-state index is 0.00721. The van der Waals surface area contributed by atoms with Crippen molar-refractivity contribution in [2.45, 2.75) is 58.0 Å². The van der Waals surface area contributed by atoms with Gasteiger partial charge in [0.25, 0.3) is 11.5 Å². The van der Waals surface area contributed by atoms with E-state index >= 15 is 0 Å². The zero-order valence-corrected chi connectivity index (χ0v) is 15.7. The molecule has 6 heteroatoms. The summed E-state index contributed by atoms with van der Waals surface area (Å²) in [5, 5.41) is 0.559. The van der Waals surface area contributed by atoms with Crippen molar-refractivity contribution < 1.29 is 4.79 Å². The molecule has 0 bridgehead atoms. The van der Waals surface area contributed by atoms with Crippen molar-refractivity contribution >= 4 is 29.0 Å². The second-order valence-corrected chi connectivity index (χ2v) is 7.19. The van der Waals surface area contributed by atoms with Gasteiger partial charge in [-0.25, -0.2) is 0 Å². The first kappa shape index (κ1) is 17.9. The molecule has 1 aliphatic rings. The molecule has 1 aliphatic carbocycles. The predicted octanol–water partition coefficient (Wildman–Crippen LogP) is 3.87. The normalized spacial score (nSPS) is 15.9. The fourth-order valence-electron chi connectivity index (χ4n) is 3.69. The number of aromatic amines is 1. The van der Waals surface area contributed by atoms with E-state index in [0.717, 1.165) is 12.8 Å². The first-order valence-corrected chi connectivity index (χ1v) is 9.47. The molecule has 0 radical (unpaired) electrons. The lowest BCUT2D eigenvalue weighted by Gasteiger charge is -2.27. The van der Waals surface area contributed by atoms with Gasteiger partial charge in [-0.3, -0.25) is 14.2 Å². The van der Waals surface area contributed by atoms with E-state index in [4.69, 9.17) is 12.2 Å². The summed E-state index contributed by atoms with van der Waals surface area (Å²) in [6, 6.07) is 5.53. The second kappa shape index (κ2) is 7.52. The summed E-state index contributed by atoms with van der Waals surface area (Å²) in [4.78, 5) is 30.3. The van der Waals surface area contributed by atoms with Gasteiger partial charge in [0.15, 0.2) is 4.77 Å². The molecule has 1 heterocycles. The van der Waals surface area contributed by atoms with Crippen LogP contribution >= 0.6 is 12.2 Å². The highest BCUT2D eigenvalue weighted by Gasteiger charge is 2.22. The molecular weight excluding hydrogens is 334 g/mol. The summed E-state index contributed by atoms with van der Waals surface area (Å²) < 4.78 is 1.92. The van der Waals surface area contributed by atoms with E-state index < -0.39 is 0 Å². The van der Waals surface area contributed by atoms with E-state index in [1.165, 1.54) is 30.3 Å². The second-order valence-electron chi connectivity index (χ2n) is 6.80. The maximum Gasteiger partial charge on any atom is 0.262 e. The van der Waals surface area contributed by atoms with Crippen LogP contribution in [0.5, 0.6) is 0 Å². The number of amides is 1. The Morgan fingerprint density at radius 2 is 1.96 bits per heavy atom. The summed E-state index contributed by atoms with van der Waals surface area (Å²) in [5.74, 6) is 0.00721. The Hall–Kier alpha value is -1.95. The third-order valence-corrected chi connectivity index (χ3v) is 5.56. The molecule has 1 N–H and O–H groups in total. The molecule has 0 spiro atoms. The van der Waals surface area contributed by atoms with Crippen molar-refractivity contribution in [3.63, 3.8) is 0 Å². The molecule has 1 aromatic carbocycles. The quantitative estimate of drug-likeness (QED) is 0.668. The molecule has 1 amide bonds. The number of carbonyl (C=O) groups excluding carboxylic acids is 1. The van der Waals surface area contributed by atoms with E-state index in [0.29, 0.717) is 33.8 Å². The van der Waals surface area contributed by atoms with Crippen molar-refractivity contribution in [2.24, 2.45) is 0 Å². The van der Waals surface area contributed by atoms with Gasteiger partial charge in [-0.1, -0.05) is 25.7 Å². The van der Waals surface area contributed by atoms with Gasteiger partial charge < -0.3 is 9.88 Å². The van der Waals surface area contributed by atoms with Crippen LogP contribution in [-0.2, 0) is 6.54 Å². The first-order chi connectivity index (χ1) is 12.0. The Morgan fingerprint density at radius 1 is 1.28 bits per heavy atom. The lowest BCUT2D eigenvalue weighted by Crippen LogP contribution is -2.36. The Bertz CT molecular complexity index is 892. The maximum absolute atomic E-state index is 12.9. The number of H-pyrrole nitrogens is 1. The topological polar surface area (TPSA) is 58.1 Å². The predicted molar refractivity (Wildman–Crippen MR) is 103 cm³/mol. The Kier molecular flexibility index (Phi) is 5.37. The van der Waals surface area contributed by atoms with Crippen LogP contribution in [0.25, 0.3) is 10.9 Å². The molecule has 0 unspecified atom stereocenters. The van der Waals surface area contributed by atoms with Crippen molar-refractivity contribution in [3.05, 3.63) is 38.9 Å². The average Bonchev–Trinajstić information content (AvgIpc) is 2.89. The third-order valence-electron chi connectivity index (χ3n) is 5.24. The smallest absolute Gasteiger partial charge is 0.262 e. The van der Waals surface area contributed by atoms with Crippen LogP contribution in [0.1, 0.15) is 55.8 Å². The lowest BCUT2D eigenvalue weighted by atomic mass is 10.1. The van der Waals surface area contributed by atoms with Crippen molar-refractivity contribution in [2.75, 3.05) is 7.05 Å². The Labute approximate surface area is 152 Å². The number of hydrogen-bond acceptors (Lipinski definition) is 3. The van der Waals surface area contributed by atoms with Crippen LogP contribution in [0.2, 0.25) is 0 Å². The number of nitrogens with one attached hydrogen (secondary N) is 1. The summed E-state index contributed by atoms with van der Waals surface area (Å²) in [7, 11) is 1.89. The molecule has 3 rings (SSSR count). The summed E-state index contributed by atoms with van der Waals surface area (Å²) in [6.45, 7) is 2.41. The summed E-state index contributed by atoms with van der Waals surface area (Å²) in [6.07, 6.45) is 7.02. The van der Waals surface area contributed by atoms with Gasteiger partial charge >= 0.3 is 0 Å². The lowest BCUT2D eigenvalue weighted by molar-refractivity contribution is 0.0718. The minimum Gasteiger partial charge on any atom is -0.339 e. The number of carbonyl (C=O) groups is 1. The molecular formula is C19H25N3O2S. The Balaban J connectivity index is 1.94. The molecule has 2 aromatic rings. The van der Waals surface area contributed by atoms with Gasteiger partial charge in [-0.2, -0.15) is 0 Å². The van der Waals surface area contributed by atoms with Gasteiger partial charge in [0.1, 0.15) is 0 Å². The van der Waals surface area contributed by atoms with Crippen LogP contribution in [0.15, 0.2) is 23.0 Å². The number of rotatable bonds is 3. The minimum atomic E-state index is -0.114. The zero-order valence-electron chi connectivity index (χ0n) is 14.9. The molecule has 134 valence electrons. The van der Waals surface area contributed by atoms with E-state index in [-0.39, 0.29) is 11.5 Å². The van der Waals surface area contributed by atoms with Gasteiger partial charge in [0.2, 0.25) is 0 Å². The van der Waals surface area contributed by atoms with Crippen LogP contribution in [0.3, 0.4) is 0 Å². The fraction of sp³-hybridized carbons (Fsp3) is 0.526. The largest absolute Gasteiger partial charge is 0.339 e. The average molecular weight is 359 g/mol. The number of benzene rings is 1. The number of nitrogens with zero attached hydrogens (tertiary/aromatic N) is 2. The van der Waals surface area contributed by atoms with Crippen LogP contribution < -0.4 is 5.56 Å². The van der Waals surface area contributed by atoms with Crippen LogP contribution in [0.4, 0.5) is 0 Å². The molecule has 5 nitrogen and oxygen atoms in total. The van der Waals surface area contributed by atoms with Gasteiger partial charge in [0.05, 0.1) is 10.9 Å². The highest BCUT2D eigenvalue weighted by Crippen LogP contribution is 2.23. The summed E-state index contributed by atoms with van der Waals surface area (Å²) >= 11 is 5.26. The van der Waals surface area contributed by atoms with Gasteiger partial charge in [-0.15, -0.1) is 0 Å². The first-order valence-electron chi connectivity index (χ1n) is 9.07. The van der Waals surface area contributed by atoms with Crippen LogP contribution in [-0.4, -0.2) is 33.4 Å². The molecule has 25 heavy (non-hydrogen) atoms. The van der Waals surface area contributed by atoms with Crippen molar-refractivity contribution in [1.29, 1.82) is 0 Å². The number of hydrogen-bond donors (Lipinski definition) is 1. The van der Waals surface area contributed by atoms with E-state index in [9.17, 15) is 9.59 Å². The van der Waals surface area contributed by atoms with E-state index in [1.54, 1.807) is 18.2 Å². The molecule has 0 aliphatic heterocycles. The molecule has 1 saturated carbocycles. The molecule has 1 aromatic heterocycles. The standard InChI is InChI=1S/C19H25N3O2S/c1-3-22-18(24)15-11-10-13(12-16(15)20-19(22)25)17(23)21(2)14-8-6-4-5-7-9-14/h10-12,14H,3-9H2,1-2H3,(H,20,25). The SMILES string of the molecule is CCn1c(=S)[nH]c2cc(C(=O)N(C)C3CCCCCC3)ccc2c1=O. The monoisotopic (exact) mass is 359 g/mol. The van der Waals surface area contributed by atoms with E-state index in [2.05, 4.69) is 4.98 Å². The molecule has 0 saturated heterocycles. The Morgan fingerprint density at radius 3 is 2.60 bits per heavy atom. The van der Waals surface area contributed by atoms with E-state index in [1.807, 2.05) is 18.9 Å². The molecule has 1 fully saturated rings. The third kappa shape index (κ3) is 3.54. The highest BCUT2D eigenvalue weighted by molar-refractivity contribution is 7.71. The number of aromatic nitrogens is 2. The van der Waals surface area contributed by atoms with Crippen molar-refractivity contribution in [1.82, 2.24) is 14.5 Å². The zero-order chi connectivity index (χ0) is 18.0. The highest BCUT2D eigenvalue weighted by atomic mass is 32.1. The van der Waals surface area contributed by atoms with Crippen LogP contribution in [0, 0.1) is 4.77 Å². The van der Waals surface area contributed by atoms with Gasteiger partial charge in [-0.05, 0) is 50.2 Å². The fourth-order valence-corrected chi connectivity index (χ4v) is 4.01. The maximum atomic E-state index is 12.9. The van der Waals surface area contributed by atoms with Crippen molar-refractivity contribution in [3.8, 4) is 0 Å². The van der Waals surface area contributed by atoms with Gasteiger partial charge in [0, 0.05) is 25.2 Å². The molecule has 0 atom stereocenters.